The predicted molar refractivity (Wildman–Crippen MR) is 124 cm³/mol. The van der Waals surface area contributed by atoms with Gasteiger partial charge >= 0.3 is 0 Å². The van der Waals surface area contributed by atoms with E-state index in [4.69, 9.17) is 9.51 Å². The Morgan fingerprint density at radius 2 is 1.65 bits per heavy atom. The van der Waals surface area contributed by atoms with Crippen LogP contribution in [0.25, 0.3) is 22.5 Å². The van der Waals surface area contributed by atoms with Crippen LogP contribution in [0.4, 0.5) is 5.82 Å². The van der Waals surface area contributed by atoms with Crippen molar-refractivity contribution >= 4 is 23.5 Å². The van der Waals surface area contributed by atoms with Crippen molar-refractivity contribution < 1.29 is 9.32 Å². The lowest BCUT2D eigenvalue weighted by atomic mass is 10.0. The number of aromatic nitrogens is 3. The fourth-order valence-corrected chi connectivity index (χ4v) is 3.95. The standard InChI is InChI=1S/C24H24N4O2S/c1-15-4-8-18(9-5-15)22-23(19-10-6-16(2)7-11-19)27-24(26-22)31-13-12-21(29)25-20-14-17(3)30-28-20/h4-11,14H,12-13H2,1-3H3,(H,26,27)(H,25,28,29). The third-order valence-corrected chi connectivity index (χ3v) is 5.69. The molecular weight excluding hydrogens is 408 g/mol. The fraction of sp³-hybridized carbons (Fsp3) is 0.208. The number of hydrogen-bond acceptors (Lipinski definition) is 5. The Balaban J connectivity index is 1.50. The summed E-state index contributed by atoms with van der Waals surface area (Å²) in [6.07, 6.45) is 0.344. The molecule has 1 amide bonds. The molecule has 2 heterocycles. The van der Waals surface area contributed by atoms with E-state index >= 15 is 0 Å². The molecule has 0 saturated heterocycles. The lowest BCUT2D eigenvalue weighted by Crippen LogP contribution is -2.12. The zero-order valence-corrected chi connectivity index (χ0v) is 18.5. The molecule has 0 fully saturated rings. The van der Waals surface area contributed by atoms with Gasteiger partial charge < -0.3 is 14.8 Å². The van der Waals surface area contributed by atoms with E-state index < -0.39 is 0 Å². The highest BCUT2D eigenvalue weighted by molar-refractivity contribution is 7.99. The predicted octanol–water partition coefficient (Wildman–Crippen LogP) is 5.78. The van der Waals surface area contributed by atoms with E-state index in [0.29, 0.717) is 23.8 Å². The number of anilines is 1. The normalized spacial score (nSPS) is 10.9. The number of benzene rings is 2. The van der Waals surface area contributed by atoms with Crippen molar-refractivity contribution in [2.75, 3.05) is 11.1 Å². The monoisotopic (exact) mass is 432 g/mol. The molecule has 6 nitrogen and oxygen atoms in total. The van der Waals surface area contributed by atoms with Gasteiger partial charge in [-0.15, -0.1) is 0 Å². The van der Waals surface area contributed by atoms with Crippen molar-refractivity contribution in [1.82, 2.24) is 15.1 Å². The fourth-order valence-electron chi connectivity index (χ4n) is 3.14. The van der Waals surface area contributed by atoms with Gasteiger partial charge in [-0.2, -0.15) is 0 Å². The highest BCUT2D eigenvalue weighted by atomic mass is 32.2. The van der Waals surface area contributed by atoms with Crippen molar-refractivity contribution in [3.8, 4) is 22.5 Å². The van der Waals surface area contributed by atoms with E-state index in [9.17, 15) is 4.79 Å². The summed E-state index contributed by atoms with van der Waals surface area (Å²) in [5.41, 5.74) is 6.45. The lowest BCUT2D eigenvalue weighted by molar-refractivity contribution is -0.115. The molecule has 0 radical (unpaired) electrons. The Kier molecular flexibility index (Phi) is 6.23. The first-order chi connectivity index (χ1) is 15.0. The molecule has 2 N–H and O–H groups in total. The molecule has 31 heavy (non-hydrogen) atoms. The van der Waals surface area contributed by atoms with Crippen molar-refractivity contribution in [3.05, 3.63) is 71.5 Å². The third kappa shape index (κ3) is 5.24. The van der Waals surface area contributed by atoms with Gasteiger partial charge in [0.15, 0.2) is 11.0 Å². The third-order valence-electron chi connectivity index (χ3n) is 4.81. The Bertz CT molecular complexity index is 1110. The Hall–Kier alpha value is -3.32. The molecule has 2 aromatic heterocycles. The zero-order valence-electron chi connectivity index (χ0n) is 17.7. The van der Waals surface area contributed by atoms with Crippen molar-refractivity contribution in [2.45, 2.75) is 32.3 Å². The molecule has 0 bridgehead atoms. The zero-order chi connectivity index (χ0) is 21.8. The molecule has 0 aliphatic carbocycles. The molecule has 0 aliphatic heterocycles. The Morgan fingerprint density at radius 3 is 2.26 bits per heavy atom. The van der Waals surface area contributed by atoms with E-state index in [1.807, 2.05) is 0 Å². The second-order valence-electron chi connectivity index (χ2n) is 7.47. The maximum absolute atomic E-state index is 12.2. The summed E-state index contributed by atoms with van der Waals surface area (Å²) in [6, 6.07) is 18.4. The summed E-state index contributed by atoms with van der Waals surface area (Å²) in [5.74, 6) is 1.59. The summed E-state index contributed by atoms with van der Waals surface area (Å²) in [7, 11) is 0. The second-order valence-corrected chi connectivity index (χ2v) is 8.55. The van der Waals surface area contributed by atoms with Gasteiger partial charge in [0.1, 0.15) is 5.76 Å². The first-order valence-electron chi connectivity index (χ1n) is 10.1. The number of nitrogens with one attached hydrogen (secondary N) is 2. The minimum Gasteiger partial charge on any atom is -0.360 e. The van der Waals surface area contributed by atoms with Gasteiger partial charge in [-0.25, -0.2) is 4.98 Å². The summed E-state index contributed by atoms with van der Waals surface area (Å²) in [5, 5.41) is 7.31. The average molecular weight is 433 g/mol. The average Bonchev–Trinajstić information content (AvgIpc) is 3.35. The molecule has 2 aromatic carbocycles. The van der Waals surface area contributed by atoms with Gasteiger partial charge in [0.2, 0.25) is 5.91 Å². The SMILES string of the molecule is Cc1ccc(-c2nc(SCCC(=O)Nc3cc(C)on3)[nH]c2-c2ccc(C)cc2)cc1. The maximum atomic E-state index is 12.2. The van der Waals surface area contributed by atoms with Gasteiger partial charge in [-0.3, -0.25) is 4.79 Å². The number of carbonyl (C=O) groups excluding carboxylic acids is 1. The van der Waals surface area contributed by atoms with Crippen LogP contribution in [-0.4, -0.2) is 26.8 Å². The van der Waals surface area contributed by atoms with Gasteiger partial charge in [-0.05, 0) is 20.8 Å². The lowest BCUT2D eigenvalue weighted by Gasteiger charge is -2.04. The molecule has 158 valence electrons. The molecule has 0 unspecified atom stereocenters. The number of aryl methyl sites for hydroxylation is 3. The topological polar surface area (TPSA) is 83.8 Å². The summed E-state index contributed by atoms with van der Waals surface area (Å²) in [6.45, 7) is 5.93. The smallest absolute Gasteiger partial charge is 0.226 e. The van der Waals surface area contributed by atoms with E-state index in [1.165, 1.54) is 22.9 Å². The number of rotatable bonds is 7. The number of carbonyl (C=O) groups is 1. The number of aromatic amines is 1. The minimum atomic E-state index is -0.107. The molecule has 4 rings (SSSR count). The van der Waals surface area contributed by atoms with Gasteiger partial charge in [0.05, 0.1) is 11.4 Å². The van der Waals surface area contributed by atoms with Crippen LogP contribution in [0.5, 0.6) is 0 Å². The maximum Gasteiger partial charge on any atom is 0.226 e. The molecule has 4 aromatic rings. The van der Waals surface area contributed by atoms with Crippen LogP contribution >= 0.6 is 11.8 Å². The number of H-pyrrole nitrogens is 1. The number of amides is 1. The first kappa shape index (κ1) is 20.9. The van der Waals surface area contributed by atoms with Gasteiger partial charge in [0.25, 0.3) is 0 Å². The summed E-state index contributed by atoms with van der Waals surface area (Å²) < 4.78 is 4.97. The Labute approximate surface area is 185 Å². The number of imidazole rings is 1. The van der Waals surface area contributed by atoms with Crippen LogP contribution in [0, 0.1) is 20.8 Å². The van der Waals surface area contributed by atoms with Crippen molar-refractivity contribution in [1.29, 1.82) is 0 Å². The largest absolute Gasteiger partial charge is 0.360 e. The van der Waals surface area contributed by atoms with E-state index in [-0.39, 0.29) is 5.91 Å². The van der Waals surface area contributed by atoms with E-state index in [0.717, 1.165) is 27.7 Å². The number of hydrogen-bond donors (Lipinski definition) is 2. The number of nitrogens with zero attached hydrogens (tertiary/aromatic N) is 2. The molecule has 0 aliphatic rings. The summed E-state index contributed by atoms with van der Waals surface area (Å²) in [4.78, 5) is 20.4. The van der Waals surface area contributed by atoms with Crippen molar-refractivity contribution in [3.63, 3.8) is 0 Å². The van der Waals surface area contributed by atoms with Gasteiger partial charge in [0, 0.05) is 29.4 Å². The molecule has 0 spiro atoms. The van der Waals surface area contributed by atoms with Gasteiger partial charge in [-0.1, -0.05) is 76.6 Å². The number of thioether (sulfide) groups is 1. The summed E-state index contributed by atoms with van der Waals surface area (Å²) >= 11 is 1.52. The van der Waals surface area contributed by atoms with E-state index in [2.05, 4.69) is 77.8 Å². The quantitative estimate of drug-likeness (QED) is 0.362. The molecule has 0 atom stereocenters. The highest BCUT2D eigenvalue weighted by Crippen LogP contribution is 2.33. The molecule has 7 heteroatoms. The van der Waals surface area contributed by atoms with Crippen LogP contribution in [0.3, 0.4) is 0 Å². The van der Waals surface area contributed by atoms with Crippen LogP contribution < -0.4 is 5.32 Å². The molecular formula is C24H24N4O2S. The molecule has 0 saturated carbocycles. The van der Waals surface area contributed by atoms with Crippen LogP contribution in [0.15, 0.2) is 64.3 Å². The first-order valence-corrected chi connectivity index (χ1v) is 11.1. The van der Waals surface area contributed by atoms with Crippen LogP contribution in [0.1, 0.15) is 23.3 Å². The van der Waals surface area contributed by atoms with Crippen LogP contribution in [-0.2, 0) is 4.79 Å². The van der Waals surface area contributed by atoms with Crippen molar-refractivity contribution in [2.24, 2.45) is 0 Å². The van der Waals surface area contributed by atoms with E-state index in [1.54, 1.807) is 13.0 Å². The highest BCUT2D eigenvalue weighted by Gasteiger charge is 2.15. The minimum absolute atomic E-state index is 0.107. The second kappa shape index (κ2) is 9.22. The Morgan fingerprint density at radius 1 is 1.00 bits per heavy atom. The van der Waals surface area contributed by atoms with Crippen LogP contribution in [0.2, 0.25) is 0 Å².